The molecule has 0 bridgehead atoms. The summed E-state index contributed by atoms with van der Waals surface area (Å²) < 4.78 is 0. The molecule has 1 aromatic heterocycles. The second-order valence-corrected chi connectivity index (χ2v) is 5.09. The van der Waals surface area contributed by atoms with E-state index in [1.165, 1.54) is 0 Å². The first-order valence-corrected chi connectivity index (χ1v) is 6.44. The van der Waals surface area contributed by atoms with Gasteiger partial charge < -0.3 is 5.73 Å². The lowest BCUT2D eigenvalue weighted by atomic mass is 10.0. The lowest BCUT2D eigenvalue weighted by molar-refractivity contribution is 0.703. The Morgan fingerprint density at radius 2 is 2.06 bits per heavy atom. The van der Waals surface area contributed by atoms with E-state index in [2.05, 4.69) is 4.98 Å². The van der Waals surface area contributed by atoms with E-state index in [1.54, 1.807) is 18.3 Å². The van der Waals surface area contributed by atoms with Crippen molar-refractivity contribution in [1.82, 2.24) is 4.98 Å². The third-order valence-corrected chi connectivity index (χ3v) is 3.46. The van der Waals surface area contributed by atoms with Gasteiger partial charge in [0.25, 0.3) is 0 Å². The highest BCUT2D eigenvalue weighted by Gasteiger charge is 2.13. The number of halogens is 2. The van der Waals surface area contributed by atoms with Gasteiger partial charge in [-0.1, -0.05) is 35.3 Å². The van der Waals surface area contributed by atoms with Crippen LogP contribution in [0, 0.1) is 6.92 Å². The van der Waals surface area contributed by atoms with Crippen LogP contribution in [0.5, 0.6) is 0 Å². The van der Waals surface area contributed by atoms with Crippen LogP contribution in [0.2, 0.25) is 10.0 Å². The molecule has 0 aliphatic heterocycles. The summed E-state index contributed by atoms with van der Waals surface area (Å²) in [5, 5.41) is 1.22. The van der Waals surface area contributed by atoms with E-state index in [4.69, 9.17) is 28.9 Å². The normalized spacial score (nSPS) is 12.4. The maximum absolute atomic E-state index is 6.18. The van der Waals surface area contributed by atoms with Crippen LogP contribution >= 0.6 is 23.2 Å². The zero-order valence-electron chi connectivity index (χ0n) is 10.0. The second-order valence-electron chi connectivity index (χ2n) is 4.24. The largest absolute Gasteiger partial charge is 0.324 e. The topological polar surface area (TPSA) is 38.9 Å². The molecule has 1 atom stereocenters. The summed E-state index contributed by atoms with van der Waals surface area (Å²) in [6.45, 7) is 2.03. The van der Waals surface area contributed by atoms with Crippen LogP contribution in [0.25, 0.3) is 0 Å². The van der Waals surface area contributed by atoms with Gasteiger partial charge in [-0.2, -0.15) is 0 Å². The van der Waals surface area contributed by atoms with E-state index >= 15 is 0 Å². The maximum atomic E-state index is 6.18. The van der Waals surface area contributed by atoms with Gasteiger partial charge >= 0.3 is 0 Å². The van der Waals surface area contributed by atoms with E-state index in [0.29, 0.717) is 16.5 Å². The molecule has 0 aliphatic rings. The molecule has 0 saturated heterocycles. The van der Waals surface area contributed by atoms with Gasteiger partial charge in [-0.25, -0.2) is 0 Å². The molecule has 2 N–H and O–H groups in total. The average Bonchev–Trinajstić information content (AvgIpc) is 2.32. The van der Waals surface area contributed by atoms with Crippen LogP contribution in [0.3, 0.4) is 0 Å². The molecule has 1 unspecified atom stereocenters. The summed E-state index contributed by atoms with van der Waals surface area (Å²) in [4.78, 5) is 4.34. The smallest absolute Gasteiger partial charge is 0.0468 e. The monoisotopic (exact) mass is 280 g/mol. The SMILES string of the molecule is Cc1cccnc1CC(N)c1ccc(Cl)cc1Cl. The van der Waals surface area contributed by atoms with Gasteiger partial charge in [-0.15, -0.1) is 0 Å². The van der Waals surface area contributed by atoms with Gasteiger partial charge in [0.1, 0.15) is 0 Å². The number of nitrogens with zero attached hydrogens (tertiary/aromatic N) is 1. The van der Waals surface area contributed by atoms with E-state index in [-0.39, 0.29) is 6.04 Å². The fourth-order valence-electron chi connectivity index (χ4n) is 1.85. The second kappa shape index (κ2) is 5.70. The number of pyridine rings is 1. The van der Waals surface area contributed by atoms with Gasteiger partial charge in [0.05, 0.1) is 0 Å². The molecule has 4 heteroatoms. The molecule has 0 aliphatic carbocycles. The quantitative estimate of drug-likeness (QED) is 0.925. The predicted octanol–water partition coefficient (Wildman–Crippen LogP) is 3.94. The fraction of sp³-hybridized carbons (Fsp3) is 0.214. The first-order valence-electron chi connectivity index (χ1n) is 5.69. The number of nitrogens with two attached hydrogens (primary N) is 1. The minimum absolute atomic E-state index is 0.177. The molecule has 0 amide bonds. The Kier molecular flexibility index (Phi) is 4.23. The summed E-state index contributed by atoms with van der Waals surface area (Å²) in [6.07, 6.45) is 2.44. The van der Waals surface area contributed by atoms with Crippen LogP contribution in [0.15, 0.2) is 36.5 Å². The number of rotatable bonds is 3. The minimum atomic E-state index is -0.177. The highest BCUT2D eigenvalue weighted by Crippen LogP contribution is 2.27. The Hall–Kier alpha value is -1.09. The molecule has 0 saturated carbocycles. The molecule has 18 heavy (non-hydrogen) atoms. The summed E-state index contributed by atoms with van der Waals surface area (Å²) in [5.74, 6) is 0. The zero-order chi connectivity index (χ0) is 13.1. The summed E-state index contributed by atoms with van der Waals surface area (Å²) in [6, 6.07) is 9.15. The Morgan fingerprint density at radius 3 is 2.72 bits per heavy atom. The highest BCUT2D eigenvalue weighted by atomic mass is 35.5. The Balaban J connectivity index is 2.22. The Morgan fingerprint density at radius 1 is 1.28 bits per heavy atom. The van der Waals surface area contributed by atoms with Crippen molar-refractivity contribution in [3.63, 3.8) is 0 Å². The summed E-state index contributed by atoms with van der Waals surface area (Å²) in [5.41, 5.74) is 9.21. The van der Waals surface area contributed by atoms with Crippen molar-refractivity contribution in [3.8, 4) is 0 Å². The van der Waals surface area contributed by atoms with Crippen molar-refractivity contribution in [2.45, 2.75) is 19.4 Å². The van der Waals surface area contributed by atoms with E-state index in [1.807, 2.05) is 25.1 Å². The van der Waals surface area contributed by atoms with E-state index in [0.717, 1.165) is 16.8 Å². The minimum Gasteiger partial charge on any atom is -0.324 e. The third-order valence-electron chi connectivity index (χ3n) is 2.89. The van der Waals surface area contributed by atoms with Crippen molar-refractivity contribution in [2.24, 2.45) is 5.73 Å². The number of aromatic nitrogens is 1. The molecule has 1 aromatic carbocycles. The molecule has 2 nitrogen and oxygen atoms in total. The van der Waals surface area contributed by atoms with Crippen molar-refractivity contribution >= 4 is 23.2 Å². The van der Waals surface area contributed by atoms with Crippen LogP contribution < -0.4 is 5.73 Å². The van der Waals surface area contributed by atoms with Crippen molar-refractivity contribution in [2.75, 3.05) is 0 Å². The molecule has 0 spiro atoms. The maximum Gasteiger partial charge on any atom is 0.0468 e. The number of hydrogen-bond donors (Lipinski definition) is 1. The molecule has 0 fully saturated rings. The van der Waals surface area contributed by atoms with Gasteiger partial charge in [0, 0.05) is 34.4 Å². The summed E-state index contributed by atoms with van der Waals surface area (Å²) >= 11 is 12.0. The van der Waals surface area contributed by atoms with Crippen LogP contribution in [0.4, 0.5) is 0 Å². The molecule has 2 aromatic rings. The van der Waals surface area contributed by atoms with Crippen molar-refractivity contribution in [1.29, 1.82) is 0 Å². The molecule has 94 valence electrons. The molecule has 2 rings (SSSR count). The summed E-state index contributed by atoms with van der Waals surface area (Å²) in [7, 11) is 0. The standard InChI is InChI=1S/C14H14Cl2N2/c1-9-3-2-6-18-14(9)8-13(17)11-5-4-10(15)7-12(11)16/h2-7,13H,8,17H2,1H3. The average molecular weight is 281 g/mol. The number of hydrogen-bond acceptors (Lipinski definition) is 2. The fourth-order valence-corrected chi connectivity index (χ4v) is 2.40. The molecule has 1 heterocycles. The van der Waals surface area contributed by atoms with Gasteiger partial charge in [-0.3, -0.25) is 4.98 Å². The molecule has 0 radical (unpaired) electrons. The van der Waals surface area contributed by atoms with Gasteiger partial charge in [-0.05, 0) is 36.2 Å². The van der Waals surface area contributed by atoms with Crippen LogP contribution in [-0.4, -0.2) is 4.98 Å². The van der Waals surface area contributed by atoms with E-state index in [9.17, 15) is 0 Å². The highest BCUT2D eigenvalue weighted by molar-refractivity contribution is 6.35. The Labute approximate surface area is 117 Å². The first-order chi connectivity index (χ1) is 8.58. The third kappa shape index (κ3) is 3.02. The zero-order valence-corrected chi connectivity index (χ0v) is 11.5. The lowest BCUT2D eigenvalue weighted by Crippen LogP contribution is -2.15. The predicted molar refractivity (Wildman–Crippen MR) is 76.1 cm³/mol. The number of benzene rings is 1. The van der Waals surface area contributed by atoms with Crippen LogP contribution in [0.1, 0.15) is 22.9 Å². The molecular formula is C14H14Cl2N2. The van der Waals surface area contributed by atoms with Crippen molar-refractivity contribution < 1.29 is 0 Å². The van der Waals surface area contributed by atoms with Crippen LogP contribution in [-0.2, 0) is 6.42 Å². The first kappa shape index (κ1) is 13.3. The van der Waals surface area contributed by atoms with Crippen molar-refractivity contribution in [3.05, 3.63) is 63.4 Å². The van der Waals surface area contributed by atoms with E-state index < -0.39 is 0 Å². The Bertz CT molecular complexity index is 555. The van der Waals surface area contributed by atoms with Gasteiger partial charge in [0.15, 0.2) is 0 Å². The molecular weight excluding hydrogens is 267 g/mol. The number of aryl methyl sites for hydroxylation is 1. The van der Waals surface area contributed by atoms with Gasteiger partial charge in [0.2, 0.25) is 0 Å². The lowest BCUT2D eigenvalue weighted by Gasteiger charge is -2.14.